The molecule has 1 atom stereocenters. The van der Waals surface area contributed by atoms with Gasteiger partial charge in [-0.05, 0) is 61.5 Å². The first kappa shape index (κ1) is 23.3. The van der Waals surface area contributed by atoms with Gasteiger partial charge in [0.1, 0.15) is 5.75 Å². The summed E-state index contributed by atoms with van der Waals surface area (Å²) < 4.78 is 10.2. The van der Waals surface area contributed by atoms with Crippen molar-refractivity contribution in [2.75, 3.05) is 26.1 Å². The van der Waals surface area contributed by atoms with Crippen molar-refractivity contribution >= 4 is 34.9 Å². The zero-order chi connectivity index (χ0) is 23.3. The number of nitrogens with zero attached hydrogens (tertiary/aromatic N) is 1. The summed E-state index contributed by atoms with van der Waals surface area (Å²) in [5, 5.41) is 6.70. The van der Waals surface area contributed by atoms with Gasteiger partial charge in [0.05, 0.1) is 32.3 Å². The molecule has 2 N–H and O–H groups in total. The number of nitrogens with one attached hydrogen (secondary N) is 2. The average Bonchev–Trinajstić information content (AvgIpc) is 2.79. The highest BCUT2D eigenvalue weighted by molar-refractivity contribution is 7.80. The third kappa shape index (κ3) is 5.08. The van der Waals surface area contributed by atoms with Crippen LogP contribution < -0.4 is 15.4 Å². The van der Waals surface area contributed by atoms with Crippen molar-refractivity contribution in [3.63, 3.8) is 0 Å². The van der Waals surface area contributed by atoms with Crippen LogP contribution in [-0.4, -0.2) is 42.7 Å². The normalized spacial score (nSPS) is 15.8. The molecule has 1 aliphatic heterocycles. The van der Waals surface area contributed by atoms with E-state index in [-0.39, 0.29) is 12.3 Å². The van der Waals surface area contributed by atoms with Gasteiger partial charge in [0.2, 0.25) is 5.91 Å². The molecule has 2 aromatic carbocycles. The molecule has 1 unspecified atom stereocenters. The summed E-state index contributed by atoms with van der Waals surface area (Å²) in [6.07, 6.45) is 0.234. The highest BCUT2D eigenvalue weighted by atomic mass is 32.1. The predicted molar refractivity (Wildman–Crippen MR) is 127 cm³/mol. The molecule has 7 nitrogen and oxygen atoms in total. The molecule has 0 aromatic heterocycles. The standard InChI is InChI=1S/C24H27N3O4S/c1-5-27-15(2)21(23(29)31-4)22(26-24(27)32)17-7-6-8-18(14-17)25-20(28)13-16-9-11-19(30-3)12-10-16/h6-12,14,22H,5,13H2,1-4H3,(H,25,28)(H,26,32). The summed E-state index contributed by atoms with van der Waals surface area (Å²) in [4.78, 5) is 27.0. The molecule has 1 aliphatic rings. The van der Waals surface area contributed by atoms with E-state index < -0.39 is 12.0 Å². The van der Waals surface area contributed by atoms with Crippen molar-refractivity contribution in [2.24, 2.45) is 0 Å². The lowest BCUT2D eigenvalue weighted by Crippen LogP contribution is -2.47. The summed E-state index contributed by atoms with van der Waals surface area (Å²) in [5.74, 6) is 0.178. The fourth-order valence-electron chi connectivity index (χ4n) is 3.72. The first-order valence-electron chi connectivity index (χ1n) is 10.3. The number of anilines is 1. The number of methoxy groups -OCH3 is 2. The lowest BCUT2D eigenvalue weighted by molar-refractivity contribution is -0.136. The monoisotopic (exact) mass is 453 g/mol. The van der Waals surface area contributed by atoms with Crippen LogP contribution in [0.1, 0.15) is 31.0 Å². The van der Waals surface area contributed by atoms with Crippen molar-refractivity contribution < 1.29 is 19.1 Å². The van der Waals surface area contributed by atoms with Gasteiger partial charge in [-0.25, -0.2) is 4.79 Å². The fourth-order valence-corrected chi connectivity index (χ4v) is 4.10. The minimum Gasteiger partial charge on any atom is -0.497 e. The first-order valence-corrected chi connectivity index (χ1v) is 10.7. The van der Waals surface area contributed by atoms with Gasteiger partial charge in [-0.2, -0.15) is 0 Å². The zero-order valence-corrected chi connectivity index (χ0v) is 19.4. The molecule has 0 saturated carbocycles. The van der Waals surface area contributed by atoms with Crippen molar-refractivity contribution in [2.45, 2.75) is 26.3 Å². The minimum absolute atomic E-state index is 0.142. The maximum atomic E-state index is 12.6. The lowest BCUT2D eigenvalue weighted by Gasteiger charge is -2.37. The molecule has 0 bridgehead atoms. The van der Waals surface area contributed by atoms with Gasteiger partial charge >= 0.3 is 5.97 Å². The minimum atomic E-state index is -0.476. The molecule has 3 rings (SSSR count). The molecule has 168 valence electrons. The Kier molecular flexibility index (Phi) is 7.48. The second kappa shape index (κ2) is 10.3. The van der Waals surface area contributed by atoms with E-state index in [1.165, 1.54) is 7.11 Å². The third-order valence-electron chi connectivity index (χ3n) is 5.35. The maximum absolute atomic E-state index is 12.6. The molecule has 2 aromatic rings. The number of hydrogen-bond acceptors (Lipinski definition) is 5. The molecule has 0 spiro atoms. The first-order chi connectivity index (χ1) is 15.4. The van der Waals surface area contributed by atoms with Gasteiger partial charge in [-0.3, -0.25) is 4.79 Å². The Hall–Kier alpha value is -3.39. The molecule has 1 heterocycles. The summed E-state index contributed by atoms with van der Waals surface area (Å²) in [6.45, 7) is 4.45. The molecule has 0 radical (unpaired) electrons. The smallest absolute Gasteiger partial charge is 0.337 e. The van der Waals surface area contributed by atoms with E-state index in [9.17, 15) is 9.59 Å². The molecular weight excluding hydrogens is 426 g/mol. The van der Waals surface area contributed by atoms with E-state index in [0.717, 1.165) is 22.6 Å². The number of ether oxygens (including phenoxy) is 2. The fraction of sp³-hybridized carbons (Fsp3) is 0.292. The Balaban J connectivity index is 1.82. The number of amides is 1. The molecule has 8 heteroatoms. The van der Waals surface area contributed by atoms with Crippen molar-refractivity contribution in [1.82, 2.24) is 10.2 Å². The van der Waals surface area contributed by atoms with Crippen LogP contribution in [0.4, 0.5) is 5.69 Å². The van der Waals surface area contributed by atoms with E-state index in [0.29, 0.717) is 22.9 Å². The Bertz CT molecular complexity index is 1050. The van der Waals surface area contributed by atoms with Crippen LogP contribution >= 0.6 is 12.2 Å². The Morgan fingerprint density at radius 2 is 1.88 bits per heavy atom. The van der Waals surface area contributed by atoms with Gasteiger partial charge in [-0.1, -0.05) is 24.3 Å². The number of allylic oxidation sites excluding steroid dienone is 1. The van der Waals surface area contributed by atoms with E-state index in [1.54, 1.807) is 7.11 Å². The van der Waals surface area contributed by atoms with Crippen molar-refractivity contribution in [3.05, 3.63) is 70.9 Å². The van der Waals surface area contributed by atoms with Gasteiger partial charge in [0.25, 0.3) is 0 Å². The molecule has 0 saturated heterocycles. The van der Waals surface area contributed by atoms with E-state index in [1.807, 2.05) is 67.3 Å². The third-order valence-corrected chi connectivity index (χ3v) is 5.68. The lowest BCUT2D eigenvalue weighted by atomic mass is 9.94. The Labute approximate surface area is 193 Å². The second-order valence-electron chi connectivity index (χ2n) is 7.32. The van der Waals surface area contributed by atoms with Gasteiger partial charge < -0.3 is 25.0 Å². The molecule has 32 heavy (non-hydrogen) atoms. The summed E-state index contributed by atoms with van der Waals surface area (Å²) >= 11 is 5.50. The highest BCUT2D eigenvalue weighted by Gasteiger charge is 2.34. The molecule has 1 amide bonds. The SMILES string of the molecule is CCN1C(=S)NC(c2cccc(NC(=O)Cc3ccc(OC)cc3)c2)C(C(=O)OC)=C1C. The number of esters is 1. The topological polar surface area (TPSA) is 79.9 Å². The van der Waals surface area contributed by atoms with Crippen LogP contribution in [0.15, 0.2) is 59.8 Å². The van der Waals surface area contributed by atoms with E-state index in [4.69, 9.17) is 21.7 Å². The Morgan fingerprint density at radius 3 is 2.50 bits per heavy atom. The van der Waals surface area contributed by atoms with Crippen molar-refractivity contribution in [1.29, 1.82) is 0 Å². The number of rotatable bonds is 7. The van der Waals surface area contributed by atoms with E-state index >= 15 is 0 Å². The average molecular weight is 454 g/mol. The number of thiocarbonyl (C=S) groups is 1. The summed E-state index contributed by atoms with van der Waals surface area (Å²) in [5.41, 5.74) is 3.55. The van der Waals surface area contributed by atoms with E-state index in [2.05, 4.69) is 10.6 Å². The van der Waals surface area contributed by atoms with Gasteiger partial charge in [0.15, 0.2) is 5.11 Å². The second-order valence-corrected chi connectivity index (χ2v) is 7.70. The molecular formula is C24H27N3O4S. The number of hydrogen-bond donors (Lipinski definition) is 2. The maximum Gasteiger partial charge on any atom is 0.337 e. The van der Waals surface area contributed by atoms with Crippen LogP contribution in [0, 0.1) is 0 Å². The zero-order valence-electron chi connectivity index (χ0n) is 18.6. The number of carbonyl (C=O) groups is 2. The quantitative estimate of drug-likeness (QED) is 0.490. The van der Waals surface area contributed by atoms with Gasteiger partial charge in [-0.15, -0.1) is 0 Å². The van der Waals surface area contributed by atoms with Gasteiger partial charge in [0, 0.05) is 17.9 Å². The van der Waals surface area contributed by atoms with Crippen LogP contribution in [0.5, 0.6) is 5.75 Å². The summed E-state index contributed by atoms with van der Waals surface area (Å²) in [6, 6.07) is 14.3. The van der Waals surface area contributed by atoms with Crippen LogP contribution in [0.25, 0.3) is 0 Å². The van der Waals surface area contributed by atoms with Crippen LogP contribution in [0.2, 0.25) is 0 Å². The Morgan fingerprint density at radius 1 is 1.16 bits per heavy atom. The molecule has 0 fully saturated rings. The molecule has 0 aliphatic carbocycles. The number of carbonyl (C=O) groups excluding carboxylic acids is 2. The highest BCUT2D eigenvalue weighted by Crippen LogP contribution is 2.32. The van der Waals surface area contributed by atoms with Crippen LogP contribution in [0.3, 0.4) is 0 Å². The summed E-state index contributed by atoms with van der Waals surface area (Å²) in [7, 11) is 2.96. The van der Waals surface area contributed by atoms with Crippen molar-refractivity contribution in [3.8, 4) is 5.75 Å². The largest absolute Gasteiger partial charge is 0.497 e. The van der Waals surface area contributed by atoms with Crippen LogP contribution in [-0.2, 0) is 20.7 Å². The number of benzene rings is 2. The predicted octanol–water partition coefficient (Wildman–Crippen LogP) is 3.57.